The molecule has 0 bridgehead atoms. The number of fused-ring (bicyclic) bond motifs is 1. The normalized spacial score (nSPS) is 11.2. The zero-order valence-corrected chi connectivity index (χ0v) is 17.1. The number of imidazole rings is 1. The molecule has 0 radical (unpaired) electrons. The van der Waals surface area contributed by atoms with Crippen molar-refractivity contribution in [1.82, 2.24) is 19.3 Å². The van der Waals surface area contributed by atoms with E-state index in [0.717, 1.165) is 33.3 Å². The highest BCUT2D eigenvalue weighted by Gasteiger charge is 2.19. The Hall–Kier alpha value is -2.51. The van der Waals surface area contributed by atoms with Crippen molar-refractivity contribution in [1.29, 1.82) is 0 Å². The minimum atomic E-state index is -0.0304. The molecule has 0 atom stereocenters. The van der Waals surface area contributed by atoms with Crippen LogP contribution in [-0.2, 0) is 13.0 Å². The van der Waals surface area contributed by atoms with Crippen LogP contribution in [0.5, 0.6) is 0 Å². The van der Waals surface area contributed by atoms with E-state index in [1.165, 1.54) is 16.9 Å². The molecule has 0 spiro atoms. The van der Waals surface area contributed by atoms with Gasteiger partial charge in [0.1, 0.15) is 5.69 Å². The van der Waals surface area contributed by atoms with E-state index in [1.807, 2.05) is 35.3 Å². The third kappa shape index (κ3) is 3.52. The van der Waals surface area contributed by atoms with E-state index in [4.69, 9.17) is 0 Å². The number of carbonyl (C=O) groups excluding carboxylic acids is 1. The lowest BCUT2D eigenvalue weighted by molar-refractivity contribution is 0.0777. The Kier molecular flexibility index (Phi) is 4.80. The average Bonchev–Trinajstić information content (AvgIpc) is 3.37. The molecule has 0 aliphatic rings. The fraction of sp³-hybridized carbons (Fsp3) is 0.250. The van der Waals surface area contributed by atoms with Gasteiger partial charge < -0.3 is 4.90 Å². The molecule has 4 aromatic rings. The summed E-state index contributed by atoms with van der Waals surface area (Å²) in [6.45, 7) is 4.61. The predicted molar refractivity (Wildman–Crippen MR) is 111 cm³/mol. The van der Waals surface area contributed by atoms with Crippen LogP contribution in [-0.4, -0.2) is 32.2 Å². The van der Waals surface area contributed by atoms with Crippen molar-refractivity contribution in [2.75, 3.05) is 7.05 Å². The Balaban J connectivity index is 1.60. The van der Waals surface area contributed by atoms with Crippen LogP contribution < -0.4 is 0 Å². The first-order valence-electron chi connectivity index (χ1n) is 8.77. The minimum absolute atomic E-state index is 0.0304. The lowest BCUT2D eigenvalue weighted by Gasteiger charge is -2.15. The number of rotatable bonds is 5. The summed E-state index contributed by atoms with van der Waals surface area (Å²) in [7, 11) is 1.81. The van der Waals surface area contributed by atoms with Crippen molar-refractivity contribution < 1.29 is 4.79 Å². The first-order valence-corrected chi connectivity index (χ1v) is 10.5. The number of carbonyl (C=O) groups is 1. The van der Waals surface area contributed by atoms with E-state index in [2.05, 4.69) is 41.2 Å². The number of aryl methyl sites for hydroxylation is 2. The van der Waals surface area contributed by atoms with Gasteiger partial charge in [0.2, 0.25) is 0 Å². The number of aromatic nitrogens is 3. The van der Waals surface area contributed by atoms with E-state index in [-0.39, 0.29) is 5.91 Å². The van der Waals surface area contributed by atoms with Crippen molar-refractivity contribution in [3.63, 3.8) is 0 Å². The van der Waals surface area contributed by atoms with Crippen LogP contribution in [0.3, 0.4) is 0 Å². The molecule has 4 rings (SSSR count). The lowest BCUT2D eigenvalue weighted by atomic mass is 10.1. The van der Waals surface area contributed by atoms with Gasteiger partial charge in [0.15, 0.2) is 4.96 Å². The summed E-state index contributed by atoms with van der Waals surface area (Å²) in [5, 5.41) is 4.88. The highest BCUT2D eigenvalue weighted by atomic mass is 32.1. The first-order chi connectivity index (χ1) is 13.0. The third-order valence-corrected chi connectivity index (χ3v) is 6.16. The number of hydrogen-bond acceptors (Lipinski definition) is 5. The monoisotopic (exact) mass is 396 g/mol. The van der Waals surface area contributed by atoms with Gasteiger partial charge >= 0.3 is 0 Å². The molecule has 0 fully saturated rings. The van der Waals surface area contributed by atoms with Crippen LogP contribution in [0, 0.1) is 6.92 Å². The summed E-state index contributed by atoms with van der Waals surface area (Å²) in [4.78, 5) is 24.6. The number of thiazole rings is 2. The summed E-state index contributed by atoms with van der Waals surface area (Å²) < 4.78 is 1.89. The zero-order valence-electron chi connectivity index (χ0n) is 15.5. The number of hydrogen-bond donors (Lipinski definition) is 0. The van der Waals surface area contributed by atoms with Crippen molar-refractivity contribution in [2.24, 2.45) is 0 Å². The van der Waals surface area contributed by atoms with E-state index in [9.17, 15) is 4.79 Å². The number of nitrogens with zero attached hydrogens (tertiary/aromatic N) is 4. The Morgan fingerprint density at radius 3 is 2.59 bits per heavy atom. The van der Waals surface area contributed by atoms with Crippen LogP contribution in [0.1, 0.15) is 33.7 Å². The van der Waals surface area contributed by atoms with Crippen molar-refractivity contribution >= 4 is 33.5 Å². The molecular weight excluding hydrogens is 376 g/mol. The number of amides is 1. The smallest absolute Gasteiger partial charge is 0.271 e. The predicted octanol–water partition coefficient (Wildman–Crippen LogP) is 4.66. The molecule has 1 amide bonds. The molecule has 7 heteroatoms. The zero-order chi connectivity index (χ0) is 19.0. The second kappa shape index (κ2) is 7.25. The topological polar surface area (TPSA) is 50.5 Å². The van der Waals surface area contributed by atoms with Gasteiger partial charge in [0, 0.05) is 29.6 Å². The molecule has 0 aliphatic heterocycles. The third-order valence-electron chi connectivity index (χ3n) is 4.50. The Morgan fingerprint density at radius 1 is 1.15 bits per heavy atom. The molecule has 27 heavy (non-hydrogen) atoms. The Bertz CT molecular complexity index is 1090. The molecule has 3 aromatic heterocycles. The van der Waals surface area contributed by atoms with Crippen LogP contribution in [0.15, 0.2) is 41.2 Å². The highest BCUT2D eigenvalue weighted by Crippen LogP contribution is 2.25. The molecular formula is C20H20N4OS2. The van der Waals surface area contributed by atoms with Crippen molar-refractivity contribution in [3.05, 3.63) is 63.2 Å². The molecule has 0 N–H and O–H groups in total. The minimum Gasteiger partial charge on any atom is -0.334 e. The van der Waals surface area contributed by atoms with Gasteiger partial charge in [0.05, 0.1) is 22.9 Å². The van der Waals surface area contributed by atoms with Crippen LogP contribution in [0.25, 0.3) is 16.2 Å². The summed E-state index contributed by atoms with van der Waals surface area (Å²) >= 11 is 3.08. The molecule has 0 saturated heterocycles. The second-order valence-corrected chi connectivity index (χ2v) is 8.37. The van der Waals surface area contributed by atoms with Crippen molar-refractivity contribution in [2.45, 2.75) is 26.8 Å². The molecule has 1 aromatic carbocycles. The van der Waals surface area contributed by atoms with Crippen molar-refractivity contribution in [3.8, 4) is 11.3 Å². The fourth-order valence-electron chi connectivity index (χ4n) is 2.98. The van der Waals surface area contributed by atoms with Gasteiger partial charge in [-0.05, 0) is 18.9 Å². The number of benzene rings is 1. The SMILES string of the molecule is CCc1ccc(-c2cn3c(C(=O)N(C)Cc4csc(C)n4)csc3n2)cc1. The fourth-order valence-corrected chi connectivity index (χ4v) is 4.43. The van der Waals surface area contributed by atoms with Gasteiger partial charge in [0.25, 0.3) is 5.91 Å². The Labute approximate surface area is 165 Å². The van der Waals surface area contributed by atoms with E-state index < -0.39 is 0 Å². The lowest BCUT2D eigenvalue weighted by Crippen LogP contribution is -2.27. The van der Waals surface area contributed by atoms with Gasteiger partial charge in [-0.1, -0.05) is 31.2 Å². The molecule has 138 valence electrons. The Morgan fingerprint density at radius 2 is 1.93 bits per heavy atom. The second-order valence-electron chi connectivity index (χ2n) is 6.47. The van der Waals surface area contributed by atoms with Gasteiger partial charge in [-0.15, -0.1) is 22.7 Å². The van der Waals surface area contributed by atoms with E-state index in [0.29, 0.717) is 12.2 Å². The largest absolute Gasteiger partial charge is 0.334 e. The highest BCUT2D eigenvalue weighted by molar-refractivity contribution is 7.15. The summed E-state index contributed by atoms with van der Waals surface area (Å²) in [5.41, 5.74) is 4.80. The van der Waals surface area contributed by atoms with Crippen LogP contribution >= 0.6 is 22.7 Å². The van der Waals surface area contributed by atoms with Crippen LogP contribution in [0.4, 0.5) is 0 Å². The maximum atomic E-state index is 12.9. The molecule has 3 heterocycles. The van der Waals surface area contributed by atoms with Gasteiger partial charge in [-0.2, -0.15) is 0 Å². The quantitative estimate of drug-likeness (QED) is 0.493. The van der Waals surface area contributed by atoms with Crippen LogP contribution in [0.2, 0.25) is 0 Å². The maximum absolute atomic E-state index is 12.9. The van der Waals surface area contributed by atoms with E-state index in [1.54, 1.807) is 16.2 Å². The molecule has 5 nitrogen and oxygen atoms in total. The summed E-state index contributed by atoms with van der Waals surface area (Å²) in [5.74, 6) is -0.0304. The average molecular weight is 397 g/mol. The summed E-state index contributed by atoms with van der Waals surface area (Å²) in [6, 6.07) is 8.42. The summed E-state index contributed by atoms with van der Waals surface area (Å²) in [6.07, 6.45) is 2.96. The van der Waals surface area contributed by atoms with Gasteiger partial charge in [-0.25, -0.2) is 9.97 Å². The molecule has 0 saturated carbocycles. The molecule has 0 unspecified atom stereocenters. The van der Waals surface area contributed by atoms with E-state index >= 15 is 0 Å². The molecule has 0 aliphatic carbocycles. The standard InChI is InChI=1S/C20H20N4OS2/c1-4-14-5-7-15(8-6-14)17-10-24-18(12-27-20(24)22-17)19(25)23(3)9-16-11-26-13(2)21-16/h5-8,10-12H,4,9H2,1-3H3. The maximum Gasteiger partial charge on any atom is 0.271 e. The first kappa shape index (κ1) is 17.9. The van der Waals surface area contributed by atoms with Gasteiger partial charge in [-0.3, -0.25) is 9.20 Å².